The molecule has 4 aliphatic rings. The first kappa shape index (κ1) is 20.9. The van der Waals surface area contributed by atoms with Gasteiger partial charge in [-0.2, -0.15) is 0 Å². The average molecular weight is 426 g/mol. The topological polar surface area (TPSA) is 59.0 Å². The van der Waals surface area contributed by atoms with Gasteiger partial charge in [-0.15, -0.1) is 0 Å². The lowest BCUT2D eigenvalue weighted by Gasteiger charge is -2.50. The Kier molecular flexibility index (Phi) is 5.08. The number of phenolic OH excluding ortho intramolecular Hbond substituents is 1. The Morgan fingerprint density at radius 2 is 2.16 bits per heavy atom. The predicted octanol–water partition coefficient (Wildman–Crippen LogP) is 4.63. The largest absolute Gasteiger partial charge is 0.504 e. The Hall–Kier alpha value is -2.01. The van der Waals surface area contributed by atoms with Gasteiger partial charge in [-0.05, 0) is 80.0 Å². The summed E-state index contributed by atoms with van der Waals surface area (Å²) in [6.07, 6.45) is 6.52. The van der Waals surface area contributed by atoms with Crippen LogP contribution in [0.5, 0.6) is 11.5 Å². The summed E-state index contributed by atoms with van der Waals surface area (Å²) in [5.74, 6) is 1.45. The van der Waals surface area contributed by atoms with Gasteiger partial charge in [0.15, 0.2) is 11.5 Å². The van der Waals surface area contributed by atoms with E-state index in [2.05, 4.69) is 25.3 Å². The molecule has 0 unspecified atom stereocenters. The molecule has 5 heteroatoms. The summed E-state index contributed by atoms with van der Waals surface area (Å²) in [7, 11) is 1.58. The van der Waals surface area contributed by atoms with E-state index in [1.165, 1.54) is 29.5 Å². The van der Waals surface area contributed by atoms with Gasteiger partial charge in [-0.1, -0.05) is 19.1 Å². The number of allylic oxidation sites excluding steroid dienone is 1. The van der Waals surface area contributed by atoms with Crippen molar-refractivity contribution >= 4 is 5.97 Å². The minimum absolute atomic E-state index is 0.0101. The van der Waals surface area contributed by atoms with E-state index in [0.717, 1.165) is 38.8 Å². The Balaban J connectivity index is 1.36. The first-order valence-electron chi connectivity index (χ1n) is 11.8. The molecule has 0 aromatic heterocycles. The van der Waals surface area contributed by atoms with Crippen LogP contribution in [-0.2, 0) is 16.0 Å². The second-order valence-electron chi connectivity index (χ2n) is 10.5. The van der Waals surface area contributed by atoms with Gasteiger partial charge in [0.1, 0.15) is 6.10 Å². The number of hydrogen-bond donors (Lipinski definition) is 1. The molecule has 3 fully saturated rings. The molecule has 168 valence electrons. The van der Waals surface area contributed by atoms with Gasteiger partial charge >= 0.3 is 5.97 Å². The fourth-order valence-corrected chi connectivity index (χ4v) is 7.02. The summed E-state index contributed by atoms with van der Waals surface area (Å²) in [6.45, 7) is 10.6. The van der Waals surface area contributed by atoms with Gasteiger partial charge in [0.05, 0.1) is 13.0 Å². The lowest BCUT2D eigenvalue weighted by atomic mass is 9.55. The zero-order chi connectivity index (χ0) is 21.9. The second-order valence-corrected chi connectivity index (χ2v) is 10.5. The molecule has 0 radical (unpaired) electrons. The lowest BCUT2D eigenvalue weighted by molar-refractivity contribution is -0.146. The number of fused-ring (bicyclic) bond motifs is 3. The number of aromatic hydroxyl groups is 1. The third-order valence-corrected chi connectivity index (χ3v) is 8.86. The number of phenols is 1. The Morgan fingerprint density at radius 3 is 2.94 bits per heavy atom. The van der Waals surface area contributed by atoms with Gasteiger partial charge < -0.3 is 14.6 Å². The van der Waals surface area contributed by atoms with E-state index in [0.29, 0.717) is 17.6 Å². The van der Waals surface area contributed by atoms with Gasteiger partial charge in [0.2, 0.25) is 0 Å². The minimum Gasteiger partial charge on any atom is -0.504 e. The summed E-state index contributed by atoms with van der Waals surface area (Å²) < 4.78 is 11.3. The third-order valence-electron chi connectivity index (χ3n) is 8.86. The van der Waals surface area contributed by atoms with Gasteiger partial charge in [-0.25, -0.2) is 0 Å². The molecule has 1 aromatic carbocycles. The number of benzene rings is 1. The van der Waals surface area contributed by atoms with Crippen molar-refractivity contribution in [1.82, 2.24) is 4.90 Å². The van der Waals surface area contributed by atoms with Crippen LogP contribution < -0.4 is 4.74 Å². The molecule has 0 bridgehead atoms. The highest BCUT2D eigenvalue weighted by atomic mass is 16.6. The number of rotatable bonds is 3. The van der Waals surface area contributed by atoms with Crippen molar-refractivity contribution in [2.24, 2.45) is 23.2 Å². The smallest absolute Gasteiger partial charge is 0.310 e. The van der Waals surface area contributed by atoms with Crippen LogP contribution in [-0.4, -0.2) is 42.3 Å². The highest BCUT2D eigenvalue weighted by Gasteiger charge is 2.55. The quantitative estimate of drug-likeness (QED) is 0.565. The van der Waals surface area contributed by atoms with Crippen molar-refractivity contribution in [3.05, 3.63) is 35.4 Å². The zero-order valence-corrected chi connectivity index (χ0v) is 19.0. The molecule has 5 nitrogen and oxygen atoms in total. The number of ether oxygens (including phenoxy) is 2. The summed E-state index contributed by atoms with van der Waals surface area (Å²) in [4.78, 5) is 15.4. The van der Waals surface area contributed by atoms with E-state index < -0.39 is 0 Å². The van der Waals surface area contributed by atoms with Gasteiger partial charge in [0, 0.05) is 25.0 Å². The van der Waals surface area contributed by atoms with Crippen molar-refractivity contribution in [3.63, 3.8) is 0 Å². The number of methoxy groups -OCH3 is 1. The Labute approximate surface area is 185 Å². The Bertz CT molecular complexity index is 911. The molecule has 2 heterocycles. The number of carbonyl (C=O) groups is 1. The standard InChI is InChI=1S/C26H35NO4/c1-15-6-5-8-26(3)13-24-19(11-21(15)26)20(25(29)31-24)14-27-9-7-17-10-22(28)23(30-4)12-18(17)16(27)2/h10,12,16,19-21,24,28H,1,5-9,11,13-14H2,2-4H3/t16-,19+,20-,21-,24+,26+/m0/s1. The van der Waals surface area contributed by atoms with Crippen LogP contribution >= 0.6 is 0 Å². The van der Waals surface area contributed by atoms with Crippen molar-refractivity contribution in [1.29, 1.82) is 0 Å². The number of esters is 1. The molecule has 6 atom stereocenters. The van der Waals surface area contributed by atoms with E-state index in [9.17, 15) is 9.90 Å². The fourth-order valence-electron chi connectivity index (χ4n) is 7.02. The van der Waals surface area contributed by atoms with Gasteiger partial charge in [0.25, 0.3) is 0 Å². The Morgan fingerprint density at radius 1 is 1.35 bits per heavy atom. The third kappa shape index (κ3) is 3.36. The molecule has 1 aromatic rings. The normalized spacial score (nSPS) is 37.6. The minimum atomic E-state index is -0.0627. The van der Waals surface area contributed by atoms with Crippen molar-refractivity contribution in [2.45, 2.75) is 64.5 Å². The van der Waals surface area contributed by atoms with Crippen molar-refractivity contribution in [2.75, 3.05) is 20.2 Å². The van der Waals surface area contributed by atoms with E-state index in [1.54, 1.807) is 7.11 Å². The number of carbonyl (C=O) groups excluding carboxylic acids is 1. The molecule has 2 aliphatic heterocycles. The maximum absolute atomic E-state index is 13.0. The first-order chi connectivity index (χ1) is 14.8. The van der Waals surface area contributed by atoms with E-state index in [4.69, 9.17) is 9.47 Å². The molecule has 1 N–H and O–H groups in total. The van der Waals surface area contributed by atoms with Crippen molar-refractivity contribution < 1.29 is 19.4 Å². The van der Waals surface area contributed by atoms with Crippen LogP contribution in [0.3, 0.4) is 0 Å². The van der Waals surface area contributed by atoms with Crippen LogP contribution in [0.1, 0.15) is 63.1 Å². The zero-order valence-electron chi connectivity index (χ0n) is 19.0. The molecule has 31 heavy (non-hydrogen) atoms. The highest BCUT2D eigenvalue weighted by Crippen LogP contribution is 2.57. The van der Waals surface area contributed by atoms with Crippen LogP contribution in [0.4, 0.5) is 0 Å². The van der Waals surface area contributed by atoms with Crippen molar-refractivity contribution in [3.8, 4) is 11.5 Å². The lowest BCUT2D eigenvalue weighted by Crippen LogP contribution is -2.46. The molecule has 0 spiro atoms. The molecular formula is C26H35NO4. The molecule has 2 saturated carbocycles. The molecule has 0 amide bonds. The average Bonchev–Trinajstić information content (AvgIpc) is 3.02. The van der Waals surface area contributed by atoms with Crippen LogP contribution in [0, 0.1) is 23.2 Å². The molecule has 2 aliphatic carbocycles. The summed E-state index contributed by atoms with van der Waals surface area (Å²) in [5.41, 5.74) is 3.97. The number of nitrogens with zero attached hydrogens (tertiary/aromatic N) is 1. The fraction of sp³-hybridized carbons (Fsp3) is 0.654. The van der Waals surface area contributed by atoms with E-state index in [1.807, 2.05) is 12.1 Å². The summed E-state index contributed by atoms with van der Waals surface area (Å²) in [5, 5.41) is 10.1. The van der Waals surface area contributed by atoms with E-state index >= 15 is 0 Å². The summed E-state index contributed by atoms with van der Waals surface area (Å²) in [6, 6.07) is 3.96. The predicted molar refractivity (Wildman–Crippen MR) is 119 cm³/mol. The van der Waals surface area contributed by atoms with Crippen LogP contribution in [0.15, 0.2) is 24.3 Å². The maximum atomic E-state index is 13.0. The molecule has 5 rings (SSSR count). The van der Waals surface area contributed by atoms with E-state index in [-0.39, 0.29) is 35.2 Å². The SMILES string of the molecule is C=C1CCC[C@]2(C)C[C@H]3OC(=O)[C@@H](CN4CCc5cc(O)c(OC)cc5[C@@H]4C)[C@H]3C[C@@H]12. The monoisotopic (exact) mass is 425 g/mol. The first-order valence-corrected chi connectivity index (χ1v) is 11.8. The second kappa shape index (κ2) is 7.54. The molecule has 1 saturated heterocycles. The maximum Gasteiger partial charge on any atom is 0.310 e. The summed E-state index contributed by atoms with van der Waals surface area (Å²) >= 11 is 0. The van der Waals surface area contributed by atoms with Crippen LogP contribution in [0.25, 0.3) is 0 Å². The molecular weight excluding hydrogens is 390 g/mol. The van der Waals surface area contributed by atoms with Crippen LogP contribution in [0.2, 0.25) is 0 Å². The number of hydrogen-bond acceptors (Lipinski definition) is 5. The van der Waals surface area contributed by atoms with Gasteiger partial charge in [-0.3, -0.25) is 9.69 Å². The highest BCUT2D eigenvalue weighted by molar-refractivity contribution is 5.75.